The van der Waals surface area contributed by atoms with Gasteiger partial charge in [-0.15, -0.1) is 0 Å². The van der Waals surface area contributed by atoms with E-state index in [-0.39, 0.29) is 5.82 Å². The van der Waals surface area contributed by atoms with Gasteiger partial charge in [0.15, 0.2) is 0 Å². The maximum absolute atomic E-state index is 13.2. The molecule has 4 rings (SSSR count). The third-order valence-electron chi connectivity index (χ3n) is 3.85. The van der Waals surface area contributed by atoms with Crippen molar-refractivity contribution in [2.24, 2.45) is 0 Å². The quantitative estimate of drug-likeness (QED) is 0.736. The molecule has 0 radical (unpaired) electrons. The van der Waals surface area contributed by atoms with E-state index in [9.17, 15) is 4.39 Å². The van der Waals surface area contributed by atoms with Gasteiger partial charge in [-0.05, 0) is 58.7 Å². The minimum atomic E-state index is -0.233. The van der Waals surface area contributed by atoms with Crippen LogP contribution in [0.3, 0.4) is 0 Å². The summed E-state index contributed by atoms with van der Waals surface area (Å²) in [4.78, 5) is 0. The second kappa shape index (κ2) is 5.25. The van der Waals surface area contributed by atoms with Gasteiger partial charge < -0.3 is 5.32 Å². The first kappa shape index (κ1) is 13.5. The third-order valence-corrected chi connectivity index (χ3v) is 4.52. The van der Waals surface area contributed by atoms with Crippen LogP contribution in [0.2, 0.25) is 0 Å². The Morgan fingerprint density at radius 1 is 1.09 bits per heavy atom. The first-order chi connectivity index (χ1) is 10.7. The maximum Gasteiger partial charge on any atom is 0.133 e. The minimum Gasteiger partial charge on any atom is -0.369 e. The standard InChI is InChI=1S/C17H13BrFN3/c18-14-3-1-2-4-15(14)22-17-13(9-10-20-17)16(21-22)11-5-7-12(19)8-6-11/h1-8,20H,9-10H2. The van der Waals surface area contributed by atoms with Crippen molar-refractivity contribution in [1.29, 1.82) is 0 Å². The van der Waals surface area contributed by atoms with E-state index in [4.69, 9.17) is 5.10 Å². The van der Waals surface area contributed by atoms with Gasteiger partial charge in [0.25, 0.3) is 0 Å². The number of nitrogens with zero attached hydrogens (tertiary/aromatic N) is 2. The van der Waals surface area contributed by atoms with Crippen molar-refractivity contribution in [3.8, 4) is 16.9 Å². The van der Waals surface area contributed by atoms with Crippen molar-refractivity contribution in [2.75, 3.05) is 11.9 Å². The van der Waals surface area contributed by atoms with E-state index in [1.165, 1.54) is 17.7 Å². The fourth-order valence-corrected chi connectivity index (χ4v) is 3.26. The smallest absolute Gasteiger partial charge is 0.133 e. The highest BCUT2D eigenvalue weighted by Crippen LogP contribution is 2.36. The zero-order valence-electron chi connectivity index (χ0n) is 11.7. The molecule has 2 heterocycles. The monoisotopic (exact) mass is 357 g/mol. The molecule has 3 nitrogen and oxygen atoms in total. The number of hydrogen-bond acceptors (Lipinski definition) is 2. The van der Waals surface area contributed by atoms with E-state index in [1.54, 1.807) is 12.1 Å². The lowest BCUT2D eigenvalue weighted by molar-refractivity contribution is 0.628. The molecule has 2 aromatic carbocycles. The predicted molar refractivity (Wildman–Crippen MR) is 88.9 cm³/mol. The lowest BCUT2D eigenvalue weighted by Crippen LogP contribution is -2.04. The Morgan fingerprint density at radius 3 is 2.64 bits per heavy atom. The first-order valence-electron chi connectivity index (χ1n) is 7.10. The van der Waals surface area contributed by atoms with Crippen LogP contribution in [0.4, 0.5) is 10.2 Å². The number of rotatable bonds is 2. The van der Waals surface area contributed by atoms with Gasteiger partial charge in [-0.1, -0.05) is 12.1 Å². The van der Waals surface area contributed by atoms with Crippen LogP contribution < -0.4 is 5.32 Å². The second-order valence-corrected chi connectivity index (χ2v) is 6.08. The Kier molecular flexibility index (Phi) is 3.22. The van der Waals surface area contributed by atoms with Gasteiger partial charge >= 0.3 is 0 Å². The van der Waals surface area contributed by atoms with Gasteiger partial charge in [-0.2, -0.15) is 5.10 Å². The molecule has 1 aliphatic heterocycles. The summed E-state index contributed by atoms with van der Waals surface area (Å²) >= 11 is 3.58. The van der Waals surface area contributed by atoms with Crippen molar-refractivity contribution in [1.82, 2.24) is 9.78 Å². The fourth-order valence-electron chi connectivity index (χ4n) is 2.81. The van der Waals surface area contributed by atoms with E-state index < -0.39 is 0 Å². The largest absolute Gasteiger partial charge is 0.369 e. The minimum absolute atomic E-state index is 0.233. The molecule has 0 amide bonds. The molecule has 5 heteroatoms. The van der Waals surface area contributed by atoms with Gasteiger partial charge in [0, 0.05) is 22.1 Å². The van der Waals surface area contributed by atoms with Gasteiger partial charge in [-0.3, -0.25) is 0 Å². The summed E-state index contributed by atoms with van der Waals surface area (Å²) in [6.45, 7) is 0.895. The molecule has 1 N–H and O–H groups in total. The Hall–Kier alpha value is -2.14. The van der Waals surface area contributed by atoms with Crippen LogP contribution in [0, 0.1) is 5.82 Å². The van der Waals surface area contributed by atoms with Crippen LogP contribution in [0.15, 0.2) is 53.0 Å². The third kappa shape index (κ3) is 2.13. The number of fused-ring (bicyclic) bond motifs is 1. The van der Waals surface area contributed by atoms with Gasteiger partial charge in [0.2, 0.25) is 0 Å². The van der Waals surface area contributed by atoms with E-state index in [1.807, 2.05) is 28.9 Å². The molecule has 3 aromatic rings. The number of anilines is 1. The first-order valence-corrected chi connectivity index (χ1v) is 7.90. The lowest BCUT2D eigenvalue weighted by Gasteiger charge is -2.08. The Morgan fingerprint density at radius 2 is 1.86 bits per heavy atom. The molecule has 0 saturated heterocycles. The molecule has 0 atom stereocenters. The summed E-state index contributed by atoms with van der Waals surface area (Å²) in [6.07, 6.45) is 0.923. The van der Waals surface area contributed by atoms with E-state index in [2.05, 4.69) is 21.2 Å². The molecule has 0 bridgehead atoms. The van der Waals surface area contributed by atoms with Gasteiger partial charge in [0.1, 0.15) is 11.6 Å². The summed E-state index contributed by atoms with van der Waals surface area (Å²) in [5.41, 5.74) is 4.02. The summed E-state index contributed by atoms with van der Waals surface area (Å²) in [5, 5.41) is 8.17. The van der Waals surface area contributed by atoms with Crippen LogP contribution in [-0.2, 0) is 6.42 Å². The average molecular weight is 358 g/mol. The van der Waals surface area contributed by atoms with Gasteiger partial charge in [0.05, 0.1) is 11.4 Å². The maximum atomic E-state index is 13.2. The van der Waals surface area contributed by atoms with E-state index in [0.29, 0.717) is 0 Å². The molecule has 1 aliphatic rings. The van der Waals surface area contributed by atoms with Crippen LogP contribution in [-0.4, -0.2) is 16.3 Å². The fraction of sp³-hybridized carbons (Fsp3) is 0.118. The molecule has 0 unspecified atom stereocenters. The van der Waals surface area contributed by atoms with Crippen molar-refractivity contribution >= 4 is 21.7 Å². The number of para-hydroxylation sites is 1. The summed E-state index contributed by atoms with van der Waals surface area (Å²) in [6, 6.07) is 14.5. The highest BCUT2D eigenvalue weighted by atomic mass is 79.9. The molecule has 0 fully saturated rings. The summed E-state index contributed by atoms with van der Waals surface area (Å²) in [7, 11) is 0. The molecule has 1 aromatic heterocycles. The highest BCUT2D eigenvalue weighted by Gasteiger charge is 2.24. The van der Waals surface area contributed by atoms with Crippen molar-refractivity contribution in [2.45, 2.75) is 6.42 Å². The van der Waals surface area contributed by atoms with E-state index >= 15 is 0 Å². The Balaban J connectivity index is 1.90. The average Bonchev–Trinajstić information content (AvgIpc) is 3.11. The highest BCUT2D eigenvalue weighted by molar-refractivity contribution is 9.10. The Bertz CT molecular complexity index is 840. The van der Waals surface area contributed by atoms with E-state index in [0.717, 1.165) is 40.2 Å². The normalized spacial score (nSPS) is 13.0. The van der Waals surface area contributed by atoms with Crippen LogP contribution in [0.25, 0.3) is 16.9 Å². The number of benzene rings is 2. The molecule has 0 aliphatic carbocycles. The zero-order chi connectivity index (χ0) is 15.1. The molecule has 110 valence electrons. The predicted octanol–water partition coefficient (Wildman–Crippen LogP) is 4.41. The van der Waals surface area contributed by atoms with Crippen molar-refractivity contribution in [3.63, 3.8) is 0 Å². The molecule has 0 spiro atoms. The zero-order valence-corrected chi connectivity index (χ0v) is 13.3. The number of nitrogens with one attached hydrogen (secondary N) is 1. The SMILES string of the molecule is Fc1ccc(-c2nn(-c3ccccc3Br)c3c2CCN3)cc1. The molecule has 22 heavy (non-hydrogen) atoms. The van der Waals surface area contributed by atoms with Gasteiger partial charge in [-0.25, -0.2) is 9.07 Å². The Labute approximate surface area is 135 Å². The topological polar surface area (TPSA) is 29.9 Å². The molecule has 0 saturated carbocycles. The summed E-state index contributed by atoms with van der Waals surface area (Å²) in [5.74, 6) is 0.787. The molecular weight excluding hydrogens is 345 g/mol. The summed E-state index contributed by atoms with van der Waals surface area (Å²) < 4.78 is 16.1. The number of aromatic nitrogens is 2. The number of hydrogen-bond donors (Lipinski definition) is 1. The second-order valence-electron chi connectivity index (χ2n) is 5.22. The lowest BCUT2D eigenvalue weighted by atomic mass is 10.1. The van der Waals surface area contributed by atoms with Crippen LogP contribution >= 0.6 is 15.9 Å². The number of halogens is 2. The van der Waals surface area contributed by atoms with Crippen LogP contribution in [0.1, 0.15) is 5.56 Å². The van der Waals surface area contributed by atoms with Crippen molar-refractivity contribution in [3.05, 3.63) is 64.4 Å². The molecular formula is C17H13BrFN3. The van der Waals surface area contributed by atoms with Crippen molar-refractivity contribution < 1.29 is 4.39 Å². The van der Waals surface area contributed by atoms with Crippen LogP contribution in [0.5, 0.6) is 0 Å².